The quantitative estimate of drug-likeness (QED) is 0.616. The molecule has 2 bridgehead atoms. The first-order chi connectivity index (χ1) is 10.7. The molecule has 4 atom stereocenters. The number of hydrogen-bond acceptors (Lipinski definition) is 2. The molecule has 1 saturated carbocycles. The van der Waals surface area contributed by atoms with E-state index in [1.165, 1.54) is 5.56 Å². The highest BCUT2D eigenvalue weighted by atomic mass is 35.5. The minimum absolute atomic E-state index is 0.00826. The van der Waals surface area contributed by atoms with Crippen LogP contribution >= 0.6 is 11.6 Å². The van der Waals surface area contributed by atoms with Crippen molar-refractivity contribution in [2.75, 3.05) is 0 Å². The standard InChI is InChI=1S/C19H16ClNO/c20-15-8-6-12(7-9-15)17-13-4-5-14(11-13)18(17)19(22)16-3-1-2-10-21-16/h1-10,13-14,17-18H,11H2/t13-,14+,17-,18-/m0/s1. The summed E-state index contributed by atoms with van der Waals surface area (Å²) in [7, 11) is 0. The summed E-state index contributed by atoms with van der Waals surface area (Å²) in [6.45, 7) is 0. The number of fused-ring (bicyclic) bond motifs is 2. The summed E-state index contributed by atoms with van der Waals surface area (Å²) < 4.78 is 0. The summed E-state index contributed by atoms with van der Waals surface area (Å²) in [5.74, 6) is 1.18. The zero-order valence-corrected chi connectivity index (χ0v) is 12.8. The van der Waals surface area contributed by atoms with Gasteiger partial charge in [0.1, 0.15) is 5.69 Å². The minimum atomic E-state index is -0.00826. The molecule has 0 spiro atoms. The molecule has 1 aromatic heterocycles. The van der Waals surface area contributed by atoms with Crippen molar-refractivity contribution >= 4 is 17.4 Å². The number of nitrogens with zero attached hydrogens (tertiary/aromatic N) is 1. The predicted octanol–water partition coefficient (Wildman–Crippen LogP) is 4.52. The summed E-state index contributed by atoms with van der Waals surface area (Å²) in [5.41, 5.74) is 1.78. The average molecular weight is 310 g/mol. The van der Waals surface area contributed by atoms with E-state index in [9.17, 15) is 4.79 Å². The molecule has 4 rings (SSSR count). The van der Waals surface area contributed by atoms with Gasteiger partial charge in [-0.3, -0.25) is 9.78 Å². The second-order valence-electron chi connectivity index (χ2n) is 6.13. The fourth-order valence-electron chi connectivity index (χ4n) is 4.00. The SMILES string of the molecule is O=C(c1ccccn1)[C@@H]1[C@@H](c2ccc(Cl)cc2)[C@H]2C=C[C@@H]1C2. The van der Waals surface area contributed by atoms with Gasteiger partial charge in [0, 0.05) is 23.1 Å². The van der Waals surface area contributed by atoms with Crippen molar-refractivity contribution in [3.8, 4) is 0 Å². The zero-order chi connectivity index (χ0) is 15.1. The fraction of sp³-hybridized carbons (Fsp3) is 0.263. The van der Waals surface area contributed by atoms with Gasteiger partial charge in [-0.25, -0.2) is 0 Å². The topological polar surface area (TPSA) is 30.0 Å². The number of halogens is 1. The number of benzene rings is 1. The van der Waals surface area contributed by atoms with Crippen molar-refractivity contribution < 1.29 is 4.79 Å². The fourth-order valence-corrected chi connectivity index (χ4v) is 4.12. The number of carbonyl (C=O) groups is 1. The molecule has 0 unspecified atom stereocenters. The highest BCUT2D eigenvalue weighted by Gasteiger charge is 2.48. The van der Waals surface area contributed by atoms with Crippen LogP contribution in [-0.2, 0) is 0 Å². The largest absolute Gasteiger partial charge is 0.292 e. The summed E-state index contributed by atoms with van der Waals surface area (Å²) in [6.07, 6.45) is 7.23. The minimum Gasteiger partial charge on any atom is -0.292 e. The van der Waals surface area contributed by atoms with Gasteiger partial charge in [0.25, 0.3) is 0 Å². The van der Waals surface area contributed by atoms with Crippen molar-refractivity contribution in [1.29, 1.82) is 0 Å². The third-order valence-corrected chi connectivity index (χ3v) is 5.19. The van der Waals surface area contributed by atoms with Gasteiger partial charge in [-0.1, -0.05) is 42.0 Å². The van der Waals surface area contributed by atoms with E-state index in [0.29, 0.717) is 17.5 Å². The van der Waals surface area contributed by atoms with Crippen LogP contribution in [0.2, 0.25) is 5.02 Å². The molecular formula is C19H16ClNO. The molecule has 110 valence electrons. The monoisotopic (exact) mass is 309 g/mol. The molecule has 0 N–H and O–H groups in total. The number of rotatable bonds is 3. The third kappa shape index (κ3) is 2.19. The number of allylic oxidation sites excluding steroid dienone is 2. The highest BCUT2D eigenvalue weighted by Crippen LogP contribution is 2.53. The van der Waals surface area contributed by atoms with Crippen molar-refractivity contribution in [3.05, 3.63) is 77.1 Å². The third-order valence-electron chi connectivity index (χ3n) is 4.93. The van der Waals surface area contributed by atoms with Crippen molar-refractivity contribution in [3.63, 3.8) is 0 Å². The molecule has 0 radical (unpaired) electrons. The molecular weight excluding hydrogens is 294 g/mol. The molecule has 0 amide bonds. The molecule has 2 aliphatic rings. The first kappa shape index (κ1) is 13.7. The predicted molar refractivity (Wildman–Crippen MR) is 87.0 cm³/mol. The second-order valence-corrected chi connectivity index (χ2v) is 6.57. The number of ketones is 1. The van der Waals surface area contributed by atoms with Gasteiger partial charge in [0.2, 0.25) is 0 Å². The average Bonchev–Trinajstić information content (AvgIpc) is 3.17. The first-order valence-corrected chi connectivity index (χ1v) is 8.01. The van der Waals surface area contributed by atoms with Gasteiger partial charge in [0.05, 0.1) is 0 Å². The van der Waals surface area contributed by atoms with E-state index in [1.807, 2.05) is 30.3 Å². The van der Waals surface area contributed by atoms with Crippen LogP contribution in [0.5, 0.6) is 0 Å². The Labute approximate surface area is 134 Å². The number of aromatic nitrogens is 1. The zero-order valence-electron chi connectivity index (χ0n) is 12.0. The van der Waals surface area contributed by atoms with Gasteiger partial charge < -0.3 is 0 Å². The molecule has 1 heterocycles. The van der Waals surface area contributed by atoms with E-state index < -0.39 is 0 Å². The highest BCUT2D eigenvalue weighted by molar-refractivity contribution is 6.30. The molecule has 0 saturated heterocycles. The van der Waals surface area contributed by atoms with Crippen LogP contribution in [0, 0.1) is 17.8 Å². The van der Waals surface area contributed by atoms with Gasteiger partial charge in [0.15, 0.2) is 5.78 Å². The lowest BCUT2D eigenvalue weighted by Crippen LogP contribution is -2.27. The molecule has 3 heteroatoms. The van der Waals surface area contributed by atoms with E-state index in [1.54, 1.807) is 6.20 Å². The molecule has 1 aromatic carbocycles. The van der Waals surface area contributed by atoms with Crippen LogP contribution in [0.25, 0.3) is 0 Å². The molecule has 2 aliphatic carbocycles. The Morgan fingerprint density at radius 2 is 1.82 bits per heavy atom. The second kappa shape index (κ2) is 5.36. The lowest BCUT2D eigenvalue weighted by Gasteiger charge is -2.27. The maximum absolute atomic E-state index is 13.0. The van der Waals surface area contributed by atoms with E-state index in [4.69, 9.17) is 11.6 Å². The van der Waals surface area contributed by atoms with Gasteiger partial charge in [-0.2, -0.15) is 0 Å². The van der Waals surface area contributed by atoms with E-state index >= 15 is 0 Å². The van der Waals surface area contributed by atoms with E-state index in [2.05, 4.69) is 29.3 Å². The Kier molecular flexibility index (Phi) is 3.34. The van der Waals surface area contributed by atoms with E-state index in [-0.39, 0.29) is 17.6 Å². The summed E-state index contributed by atoms with van der Waals surface area (Å²) >= 11 is 6.00. The van der Waals surface area contributed by atoms with Crippen LogP contribution in [0.15, 0.2) is 60.8 Å². The summed E-state index contributed by atoms with van der Waals surface area (Å²) in [5, 5.41) is 0.732. The molecule has 2 nitrogen and oxygen atoms in total. The molecule has 22 heavy (non-hydrogen) atoms. The van der Waals surface area contributed by atoms with Crippen LogP contribution < -0.4 is 0 Å². The van der Waals surface area contributed by atoms with Crippen molar-refractivity contribution in [2.24, 2.45) is 17.8 Å². The molecule has 0 aliphatic heterocycles. The maximum atomic E-state index is 13.0. The van der Waals surface area contributed by atoms with Crippen LogP contribution in [0.4, 0.5) is 0 Å². The number of pyridine rings is 1. The lowest BCUT2D eigenvalue weighted by molar-refractivity contribution is 0.0881. The number of hydrogen-bond donors (Lipinski definition) is 0. The summed E-state index contributed by atoms with van der Waals surface area (Å²) in [6, 6.07) is 13.5. The lowest BCUT2D eigenvalue weighted by atomic mass is 9.75. The van der Waals surface area contributed by atoms with Gasteiger partial charge in [-0.05, 0) is 48.1 Å². The van der Waals surface area contributed by atoms with E-state index in [0.717, 1.165) is 11.4 Å². The van der Waals surface area contributed by atoms with Crippen LogP contribution in [0.3, 0.4) is 0 Å². The summed E-state index contributed by atoms with van der Waals surface area (Å²) in [4.78, 5) is 17.2. The van der Waals surface area contributed by atoms with Crippen LogP contribution in [-0.4, -0.2) is 10.8 Å². The molecule has 2 aromatic rings. The van der Waals surface area contributed by atoms with Crippen molar-refractivity contribution in [2.45, 2.75) is 12.3 Å². The Hall–Kier alpha value is -1.93. The van der Waals surface area contributed by atoms with Crippen LogP contribution in [0.1, 0.15) is 28.4 Å². The normalized spacial score (nSPS) is 29.0. The Balaban J connectivity index is 1.72. The Morgan fingerprint density at radius 3 is 2.55 bits per heavy atom. The van der Waals surface area contributed by atoms with Crippen molar-refractivity contribution in [1.82, 2.24) is 4.98 Å². The van der Waals surface area contributed by atoms with Gasteiger partial charge >= 0.3 is 0 Å². The van der Waals surface area contributed by atoms with Gasteiger partial charge in [-0.15, -0.1) is 0 Å². The first-order valence-electron chi connectivity index (χ1n) is 7.63. The molecule has 1 fully saturated rings. The smallest absolute Gasteiger partial charge is 0.185 e. The number of carbonyl (C=O) groups excluding carboxylic acids is 1. The number of Topliss-reactive ketones (excluding diaryl/α,β-unsaturated/α-hetero) is 1. The Morgan fingerprint density at radius 1 is 1.05 bits per heavy atom. The maximum Gasteiger partial charge on any atom is 0.185 e. The Bertz CT molecular complexity index is 723.